The molecule has 1 aliphatic heterocycles. The molecule has 35 heavy (non-hydrogen) atoms. The number of nitrogens with one attached hydrogen (secondary N) is 2. The number of aromatic amines is 1. The quantitative estimate of drug-likeness (QED) is 0.348. The number of piperidine rings is 1. The van der Waals surface area contributed by atoms with Crippen LogP contribution in [0.4, 0.5) is 5.69 Å². The van der Waals surface area contributed by atoms with Crippen LogP contribution in [0.25, 0.3) is 33.3 Å². The standard InChI is InChI=1S/C29H30N6/c1-19(15-30)34-25-6-3-20(4-7-25)28-18-33-29-27(28)14-24(17-32-29)22-5-8-26(23(13-22)16-31)21-9-11-35(2)12-10-21/h3-8,13-15,17-18,21,34H,9-12,30H2,1-2H3,(H,32,33)/b19-15-. The minimum absolute atomic E-state index is 0.452. The first-order valence-corrected chi connectivity index (χ1v) is 12.0. The summed E-state index contributed by atoms with van der Waals surface area (Å²) in [5.41, 5.74) is 14.5. The van der Waals surface area contributed by atoms with E-state index in [4.69, 9.17) is 5.73 Å². The summed E-state index contributed by atoms with van der Waals surface area (Å²) in [6, 6.07) is 19.2. The van der Waals surface area contributed by atoms with E-state index in [1.54, 1.807) is 6.20 Å². The van der Waals surface area contributed by atoms with E-state index >= 15 is 0 Å². The highest BCUT2D eigenvalue weighted by molar-refractivity contribution is 5.96. The summed E-state index contributed by atoms with van der Waals surface area (Å²) in [5, 5.41) is 14.2. The van der Waals surface area contributed by atoms with Crippen LogP contribution in [0.3, 0.4) is 0 Å². The predicted molar refractivity (Wildman–Crippen MR) is 143 cm³/mol. The topological polar surface area (TPSA) is 93.8 Å². The monoisotopic (exact) mass is 462 g/mol. The van der Waals surface area contributed by atoms with E-state index < -0.39 is 0 Å². The Kier molecular flexibility index (Phi) is 6.26. The van der Waals surface area contributed by atoms with E-state index in [2.05, 4.69) is 63.6 Å². The van der Waals surface area contributed by atoms with Gasteiger partial charge in [0.05, 0.1) is 11.6 Å². The molecule has 2 aromatic carbocycles. The van der Waals surface area contributed by atoms with Gasteiger partial charge in [-0.2, -0.15) is 5.26 Å². The zero-order chi connectivity index (χ0) is 24.4. The molecule has 0 aliphatic carbocycles. The van der Waals surface area contributed by atoms with Gasteiger partial charge >= 0.3 is 0 Å². The van der Waals surface area contributed by atoms with Gasteiger partial charge in [0.2, 0.25) is 0 Å². The Morgan fingerprint density at radius 3 is 2.57 bits per heavy atom. The first-order chi connectivity index (χ1) is 17.1. The van der Waals surface area contributed by atoms with Crippen molar-refractivity contribution in [1.29, 1.82) is 5.26 Å². The molecule has 0 saturated carbocycles. The summed E-state index contributed by atoms with van der Waals surface area (Å²) >= 11 is 0. The summed E-state index contributed by atoms with van der Waals surface area (Å²) in [5.74, 6) is 0.452. The van der Waals surface area contributed by atoms with Crippen molar-refractivity contribution >= 4 is 16.7 Å². The number of nitrogens with zero attached hydrogens (tertiary/aromatic N) is 3. The first kappa shape index (κ1) is 22.7. The van der Waals surface area contributed by atoms with Gasteiger partial charge in [0, 0.05) is 46.5 Å². The Bertz CT molecular complexity index is 1420. The van der Waals surface area contributed by atoms with Gasteiger partial charge in [0.1, 0.15) is 5.65 Å². The molecule has 1 aliphatic rings. The lowest BCUT2D eigenvalue weighted by atomic mass is 9.85. The maximum absolute atomic E-state index is 9.90. The number of nitrogens with two attached hydrogens (primary N) is 1. The van der Waals surface area contributed by atoms with Crippen LogP contribution in [0.2, 0.25) is 0 Å². The van der Waals surface area contributed by atoms with Crippen LogP contribution in [0.15, 0.2) is 72.8 Å². The number of hydrogen-bond donors (Lipinski definition) is 3. The second kappa shape index (κ2) is 9.65. The van der Waals surface area contributed by atoms with Crippen LogP contribution in [-0.4, -0.2) is 35.0 Å². The highest BCUT2D eigenvalue weighted by Crippen LogP contribution is 2.35. The Hall–Kier alpha value is -4.08. The number of anilines is 1. The molecule has 0 amide bonds. The molecule has 5 rings (SSSR count). The zero-order valence-electron chi connectivity index (χ0n) is 20.2. The Morgan fingerprint density at radius 2 is 1.86 bits per heavy atom. The lowest BCUT2D eigenvalue weighted by Gasteiger charge is -2.29. The third-order valence-electron chi connectivity index (χ3n) is 6.98. The predicted octanol–water partition coefficient (Wildman–Crippen LogP) is 5.81. The van der Waals surface area contributed by atoms with E-state index in [9.17, 15) is 5.26 Å². The van der Waals surface area contributed by atoms with Gasteiger partial charge in [0.25, 0.3) is 0 Å². The molecule has 0 radical (unpaired) electrons. The van der Waals surface area contributed by atoms with Gasteiger partial charge in [0.15, 0.2) is 0 Å². The van der Waals surface area contributed by atoms with Gasteiger partial charge in [-0.3, -0.25) is 0 Å². The van der Waals surface area contributed by atoms with Gasteiger partial charge in [-0.05, 0) is 86.8 Å². The molecule has 0 spiro atoms. The summed E-state index contributed by atoms with van der Waals surface area (Å²) in [4.78, 5) is 10.3. The Balaban J connectivity index is 1.46. The molecule has 4 N–H and O–H groups in total. The zero-order valence-corrected chi connectivity index (χ0v) is 20.2. The number of benzene rings is 2. The van der Waals surface area contributed by atoms with Crippen LogP contribution < -0.4 is 11.1 Å². The van der Waals surface area contributed by atoms with Crippen molar-refractivity contribution in [3.63, 3.8) is 0 Å². The summed E-state index contributed by atoms with van der Waals surface area (Å²) < 4.78 is 0. The van der Waals surface area contributed by atoms with Crippen LogP contribution in [0.1, 0.15) is 36.8 Å². The van der Waals surface area contributed by atoms with Crippen LogP contribution in [0.5, 0.6) is 0 Å². The van der Waals surface area contributed by atoms with E-state index in [1.807, 2.05) is 37.5 Å². The fraction of sp³-hybridized carbons (Fsp3) is 0.241. The highest BCUT2D eigenvalue weighted by atomic mass is 15.1. The number of nitriles is 1. The highest BCUT2D eigenvalue weighted by Gasteiger charge is 2.21. The fourth-order valence-electron chi connectivity index (χ4n) is 4.91. The van der Waals surface area contributed by atoms with E-state index in [0.29, 0.717) is 5.92 Å². The number of H-pyrrole nitrogens is 1. The van der Waals surface area contributed by atoms with Crippen molar-refractivity contribution < 1.29 is 0 Å². The van der Waals surface area contributed by atoms with E-state index in [0.717, 1.165) is 76.2 Å². The van der Waals surface area contributed by atoms with Crippen molar-refractivity contribution in [3.05, 3.63) is 83.9 Å². The lowest BCUT2D eigenvalue weighted by Crippen LogP contribution is -2.29. The number of hydrogen-bond acceptors (Lipinski definition) is 5. The summed E-state index contributed by atoms with van der Waals surface area (Å²) in [7, 11) is 2.16. The van der Waals surface area contributed by atoms with Gasteiger partial charge in [-0.25, -0.2) is 4.98 Å². The second-order valence-corrected chi connectivity index (χ2v) is 9.37. The maximum atomic E-state index is 9.90. The molecular weight excluding hydrogens is 432 g/mol. The third-order valence-corrected chi connectivity index (χ3v) is 6.98. The van der Waals surface area contributed by atoms with Crippen molar-refractivity contribution in [2.24, 2.45) is 5.73 Å². The summed E-state index contributed by atoms with van der Waals surface area (Å²) in [6.45, 7) is 4.09. The molecule has 1 fully saturated rings. The molecule has 0 atom stereocenters. The third kappa shape index (κ3) is 4.64. The number of rotatable bonds is 5. The van der Waals surface area contributed by atoms with Gasteiger partial charge in [-0.1, -0.05) is 24.3 Å². The molecule has 1 saturated heterocycles. The molecule has 2 aromatic heterocycles. The number of likely N-dealkylation sites (tertiary alicyclic amines) is 1. The van der Waals surface area contributed by atoms with Crippen LogP contribution >= 0.6 is 0 Å². The lowest BCUT2D eigenvalue weighted by molar-refractivity contribution is 0.255. The SMILES string of the molecule is C/C(=C/N)Nc1ccc(-c2c[nH]c3ncc(-c4ccc(C5CCN(C)CC5)c(C#N)c4)cc23)cc1. The largest absolute Gasteiger partial charge is 0.403 e. The van der Waals surface area contributed by atoms with Crippen LogP contribution in [-0.2, 0) is 0 Å². The first-order valence-electron chi connectivity index (χ1n) is 12.0. The molecule has 0 unspecified atom stereocenters. The van der Waals surface area contributed by atoms with Gasteiger partial charge < -0.3 is 20.9 Å². The normalized spacial score (nSPS) is 15.3. The molecule has 3 heterocycles. The smallest absolute Gasteiger partial charge is 0.137 e. The van der Waals surface area contributed by atoms with E-state index in [-0.39, 0.29) is 0 Å². The number of pyridine rings is 1. The van der Waals surface area contributed by atoms with E-state index in [1.165, 1.54) is 5.56 Å². The average Bonchev–Trinajstić information content (AvgIpc) is 3.32. The Labute approximate surface area is 206 Å². The Morgan fingerprint density at radius 1 is 1.11 bits per heavy atom. The fourth-order valence-corrected chi connectivity index (χ4v) is 4.91. The molecular formula is C29H30N6. The minimum Gasteiger partial charge on any atom is -0.403 e. The maximum Gasteiger partial charge on any atom is 0.137 e. The molecule has 4 aromatic rings. The number of aromatic nitrogens is 2. The van der Waals surface area contributed by atoms with Crippen molar-refractivity contribution in [2.75, 3.05) is 25.5 Å². The van der Waals surface area contributed by atoms with Crippen molar-refractivity contribution in [3.8, 4) is 28.3 Å². The number of allylic oxidation sites excluding steroid dienone is 1. The van der Waals surface area contributed by atoms with Crippen LogP contribution in [0, 0.1) is 11.3 Å². The number of fused-ring (bicyclic) bond motifs is 1. The second-order valence-electron chi connectivity index (χ2n) is 9.37. The average molecular weight is 463 g/mol. The van der Waals surface area contributed by atoms with Crippen molar-refractivity contribution in [2.45, 2.75) is 25.7 Å². The van der Waals surface area contributed by atoms with Gasteiger partial charge in [-0.15, -0.1) is 0 Å². The molecule has 6 nitrogen and oxygen atoms in total. The molecule has 6 heteroatoms. The molecule has 176 valence electrons. The summed E-state index contributed by atoms with van der Waals surface area (Å²) in [6.07, 6.45) is 7.63. The van der Waals surface area contributed by atoms with Crippen molar-refractivity contribution in [1.82, 2.24) is 14.9 Å². The minimum atomic E-state index is 0.452. The molecule has 0 bridgehead atoms.